The van der Waals surface area contributed by atoms with Gasteiger partial charge in [-0.3, -0.25) is 0 Å². The highest BCUT2D eigenvalue weighted by Gasteiger charge is 2.20. The van der Waals surface area contributed by atoms with Gasteiger partial charge in [0.15, 0.2) is 0 Å². The van der Waals surface area contributed by atoms with Crippen molar-refractivity contribution in [1.29, 1.82) is 0 Å². The lowest BCUT2D eigenvalue weighted by molar-refractivity contribution is 0.264. The van der Waals surface area contributed by atoms with Crippen LogP contribution in [0.15, 0.2) is 34.1 Å². The summed E-state index contributed by atoms with van der Waals surface area (Å²) in [6, 6.07) is 8.07. The van der Waals surface area contributed by atoms with Crippen LogP contribution in [-0.2, 0) is 11.8 Å². The molecule has 1 heterocycles. The third-order valence-corrected chi connectivity index (χ3v) is 4.90. The monoisotopic (exact) mass is 353 g/mol. The lowest BCUT2D eigenvalue weighted by atomic mass is 9.93. The van der Waals surface area contributed by atoms with Crippen LogP contribution in [0.5, 0.6) is 0 Å². The predicted octanol–water partition coefficient (Wildman–Crippen LogP) is 4.52. The number of rotatable bonds is 4. The Balaban J connectivity index is 2.19. The maximum atomic E-state index is 9.69. The number of hydrogen-bond donors (Lipinski definition) is 1. The van der Waals surface area contributed by atoms with Gasteiger partial charge in [-0.1, -0.05) is 54.9 Å². The number of aliphatic hydroxyl groups is 1. The zero-order chi connectivity index (χ0) is 14.8. The van der Waals surface area contributed by atoms with Gasteiger partial charge in [0.25, 0.3) is 0 Å². The average molecular weight is 354 g/mol. The number of aromatic nitrogens is 1. The second kappa shape index (κ2) is 6.37. The molecule has 0 aliphatic carbocycles. The fourth-order valence-corrected chi connectivity index (χ4v) is 3.75. The van der Waals surface area contributed by atoms with Crippen LogP contribution in [0.2, 0.25) is 0 Å². The second-order valence-corrected chi connectivity index (χ2v) is 7.78. The quantitative estimate of drug-likeness (QED) is 0.876. The van der Waals surface area contributed by atoms with Crippen LogP contribution < -0.4 is 0 Å². The minimum Gasteiger partial charge on any atom is -0.396 e. The van der Waals surface area contributed by atoms with E-state index in [9.17, 15) is 5.11 Å². The molecule has 0 amide bonds. The van der Waals surface area contributed by atoms with Crippen molar-refractivity contribution >= 4 is 27.3 Å². The molecule has 0 saturated carbocycles. The molecule has 2 aromatic rings. The third kappa shape index (κ3) is 3.68. The number of aliphatic hydroxyl groups excluding tert-OH is 1. The Kier molecular flexibility index (Phi) is 4.99. The van der Waals surface area contributed by atoms with Crippen LogP contribution in [0.4, 0.5) is 0 Å². The van der Waals surface area contributed by atoms with Crippen molar-refractivity contribution in [2.45, 2.75) is 38.5 Å². The summed E-state index contributed by atoms with van der Waals surface area (Å²) in [6.45, 7) is 6.64. The van der Waals surface area contributed by atoms with E-state index in [0.717, 1.165) is 27.2 Å². The molecule has 20 heavy (non-hydrogen) atoms. The number of hydrogen-bond acceptors (Lipinski definition) is 3. The Morgan fingerprint density at radius 2 is 2.00 bits per heavy atom. The summed E-state index contributed by atoms with van der Waals surface area (Å²) in [6.07, 6.45) is 0.778. The van der Waals surface area contributed by atoms with E-state index in [-0.39, 0.29) is 17.9 Å². The van der Waals surface area contributed by atoms with Crippen molar-refractivity contribution in [3.63, 3.8) is 0 Å². The number of thiazole rings is 1. The van der Waals surface area contributed by atoms with E-state index in [1.54, 1.807) is 11.3 Å². The minimum atomic E-state index is 0.0802. The Morgan fingerprint density at radius 1 is 1.30 bits per heavy atom. The number of nitrogens with zero attached hydrogens (tertiary/aromatic N) is 1. The van der Waals surface area contributed by atoms with Gasteiger partial charge in [0, 0.05) is 27.6 Å². The first-order valence-electron chi connectivity index (χ1n) is 6.72. The van der Waals surface area contributed by atoms with E-state index < -0.39 is 0 Å². The van der Waals surface area contributed by atoms with Crippen molar-refractivity contribution in [3.8, 4) is 0 Å². The van der Waals surface area contributed by atoms with Gasteiger partial charge in [0.05, 0.1) is 17.3 Å². The first kappa shape index (κ1) is 15.7. The molecule has 0 spiro atoms. The van der Waals surface area contributed by atoms with Crippen molar-refractivity contribution in [1.82, 2.24) is 4.98 Å². The summed E-state index contributed by atoms with van der Waals surface area (Å²) in [5.74, 6) is 0.0875. The maximum absolute atomic E-state index is 9.69. The Morgan fingerprint density at radius 3 is 2.55 bits per heavy atom. The molecule has 2 rings (SSSR count). The first-order chi connectivity index (χ1) is 9.41. The second-order valence-electron chi connectivity index (χ2n) is 5.98. The molecule has 2 nitrogen and oxygen atoms in total. The third-order valence-electron chi connectivity index (χ3n) is 3.31. The summed E-state index contributed by atoms with van der Waals surface area (Å²) >= 11 is 5.24. The van der Waals surface area contributed by atoms with Gasteiger partial charge in [-0.2, -0.15) is 0 Å². The molecule has 0 saturated heterocycles. The van der Waals surface area contributed by atoms with E-state index in [4.69, 9.17) is 4.98 Å². The lowest BCUT2D eigenvalue weighted by Gasteiger charge is -2.16. The van der Waals surface area contributed by atoms with Gasteiger partial charge in [-0.25, -0.2) is 4.98 Å². The normalized spacial score (nSPS) is 13.4. The van der Waals surface area contributed by atoms with Crippen LogP contribution in [-0.4, -0.2) is 16.7 Å². The molecule has 0 aliphatic heterocycles. The van der Waals surface area contributed by atoms with E-state index >= 15 is 0 Å². The topological polar surface area (TPSA) is 33.1 Å². The first-order valence-corrected chi connectivity index (χ1v) is 8.39. The van der Waals surface area contributed by atoms with Gasteiger partial charge in [0.2, 0.25) is 0 Å². The molecule has 0 fully saturated rings. The average Bonchev–Trinajstić information content (AvgIpc) is 2.85. The fourth-order valence-electron chi connectivity index (χ4n) is 2.04. The highest BCUT2D eigenvalue weighted by Crippen LogP contribution is 2.30. The molecule has 0 radical (unpaired) electrons. The van der Waals surface area contributed by atoms with Crippen molar-refractivity contribution in [3.05, 3.63) is 50.4 Å². The molecule has 108 valence electrons. The molecule has 1 unspecified atom stereocenters. The van der Waals surface area contributed by atoms with Crippen LogP contribution >= 0.6 is 27.3 Å². The Labute approximate surface area is 133 Å². The highest BCUT2D eigenvalue weighted by atomic mass is 79.9. The zero-order valence-corrected chi connectivity index (χ0v) is 14.5. The SMILES string of the molecule is CC(C)(C)c1csc(CC(CO)c2ccccc2Br)n1. The minimum absolute atomic E-state index is 0.0802. The van der Waals surface area contributed by atoms with E-state index in [0.29, 0.717) is 0 Å². The van der Waals surface area contributed by atoms with E-state index in [1.807, 2.05) is 18.2 Å². The molecule has 1 aromatic heterocycles. The van der Waals surface area contributed by atoms with Crippen LogP contribution in [0, 0.1) is 0 Å². The van der Waals surface area contributed by atoms with Gasteiger partial charge >= 0.3 is 0 Å². The summed E-state index contributed by atoms with van der Waals surface area (Å²) in [5.41, 5.74) is 2.35. The molecule has 1 aromatic carbocycles. The van der Waals surface area contributed by atoms with E-state index in [1.165, 1.54) is 0 Å². The molecule has 1 N–H and O–H groups in total. The van der Waals surface area contributed by atoms with Crippen molar-refractivity contribution in [2.75, 3.05) is 6.61 Å². The van der Waals surface area contributed by atoms with Crippen LogP contribution in [0.3, 0.4) is 0 Å². The van der Waals surface area contributed by atoms with Crippen molar-refractivity contribution < 1.29 is 5.11 Å². The summed E-state index contributed by atoms with van der Waals surface area (Å²) in [5, 5.41) is 12.9. The highest BCUT2D eigenvalue weighted by molar-refractivity contribution is 9.10. The molecule has 4 heteroatoms. The lowest BCUT2D eigenvalue weighted by Crippen LogP contribution is -2.12. The fraction of sp³-hybridized carbons (Fsp3) is 0.438. The van der Waals surface area contributed by atoms with Gasteiger partial charge < -0.3 is 5.11 Å². The maximum Gasteiger partial charge on any atom is 0.0935 e. The molecule has 0 aliphatic rings. The van der Waals surface area contributed by atoms with E-state index in [2.05, 4.69) is 48.1 Å². The summed E-state index contributed by atoms with van der Waals surface area (Å²) < 4.78 is 1.05. The summed E-state index contributed by atoms with van der Waals surface area (Å²) in [4.78, 5) is 4.72. The smallest absolute Gasteiger partial charge is 0.0935 e. The molecular formula is C16H20BrNOS. The standard InChI is InChI=1S/C16H20BrNOS/c1-16(2,3)14-10-20-15(18-14)8-11(9-19)12-6-4-5-7-13(12)17/h4-7,10-11,19H,8-9H2,1-3H3. The van der Waals surface area contributed by atoms with Gasteiger partial charge in [-0.15, -0.1) is 11.3 Å². The molecule has 0 bridgehead atoms. The van der Waals surface area contributed by atoms with Gasteiger partial charge in [-0.05, 0) is 11.6 Å². The molecule has 1 atom stereocenters. The zero-order valence-electron chi connectivity index (χ0n) is 12.1. The van der Waals surface area contributed by atoms with Crippen molar-refractivity contribution in [2.24, 2.45) is 0 Å². The predicted molar refractivity (Wildman–Crippen MR) is 88.5 cm³/mol. The number of halogens is 1. The van der Waals surface area contributed by atoms with Gasteiger partial charge in [0.1, 0.15) is 0 Å². The Hall–Kier alpha value is -0.710. The number of benzene rings is 1. The molecular weight excluding hydrogens is 334 g/mol. The van der Waals surface area contributed by atoms with Crippen LogP contribution in [0.25, 0.3) is 0 Å². The largest absolute Gasteiger partial charge is 0.396 e. The van der Waals surface area contributed by atoms with Crippen LogP contribution in [0.1, 0.15) is 43.0 Å². The Bertz CT molecular complexity index is 574. The summed E-state index contributed by atoms with van der Waals surface area (Å²) in [7, 11) is 0.